The Morgan fingerprint density at radius 2 is 2.09 bits per heavy atom. The van der Waals surface area contributed by atoms with Crippen LogP contribution in [0, 0.1) is 23.0 Å². The van der Waals surface area contributed by atoms with Crippen molar-refractivity contribution in [2.24, 2.45) is 0 Å². The molecule has 15 heteroatoms. The van der Waals surface area contributed by atoms with Gasteiger partial charge in [0.2, 0.25) is 0 Å². The molecular formula is C32H30ClF3N6O4S. The molecule has 246 valence electrons. The van der Waals surface area contributed by atoms with Crippen molar-refractivity contribution >= 4 is 54.7 Å². The van der Waals surface area contributed by atoms with E-state index >= 15 is 4.39 Å². The molecule has 4 aromatic rings. The van der Waals surface area contributed by atoms with Crippen molar-refractivity contribution in [1.82, 2.24) is 14.9 Å². The zero-order chi connectivity index (χ0) is 32.6. The molecule has 3 N–H and O–H groups in total. The van der Waals surface area contributed by atoms with Gasteiger partial charge >= 0.3 is 6.01 Å². The number of rotatable bonds is 4. The summed E-state index contributed by atoms with van der Waals surface area (Å²) in [6.07, 6.45) is 0.626. The number of aromatic nitrogens is 2. The largest absolute Gasteiger partial charge is 0.491 e. The molecule has 10 nitrogen and oxygen atoms in total. The number of thiophene rings is 1. The summed E-state index contributed by atoms with van der Waals surface area (Å²) in [5, 5.41) is 20.9. The molecule has 2 aromatic heterocycles. The number of aliphatic hydroxyl groups excluding tert-OH is 1. The Bertz CT molecular complexity index is 1980. The van der Waals surface area contributed by atoms with E-state index in [9.17, 15) is 19.1 Å². The summed E-state index contributed by atoms with van der Waals surface area (Å²) >= 11 is 7.90. The van der Waals surface area contributed by atoms with Crippen LogP contribution in [0.15, 0.2) is 12.1 Å². The number of fused-ring (bicyclic) bond motifs is 4. The predicted octanol–water partition coefficient (Wildman–Crippen LogP) is 5.20. The maximum atomic E-state index is 17.2. The van der Waals surface area contributed by atoms with E-state index < -0.39 is 29.4 Å². The Balaban J connectivity index is 1.36. The predicted molar refractivity (Wildman–Crippen MR) is 171 cm³/mol. The molecule has 6 heterocycles. The summed E-state index contributed by atoms with van der Waals surface area (Å²) in [5.74, 6) is -1.12. The second kappa shape index (κ2) is 11.5. The molecule has 4 aliphatic heterocycles. The number of benzene rings is 2. The van der Waals surface area contributed by atoms with Gasteiger partial charge < -0.3 is 30.0 Å². The Morgan fingerprint density at radius 1 is 1.23 bits per heavy atom. The number of nitrogen functional groups attached to an aromatic ring is 1. The van der Waals surface area contributed by atoms with Crippen molar-refractivity contribution in [3.05, 3.63) is 34.4 Å². The lowest BCUT2D eigenvalue weighted by Crippen LogP contribution is -2.44. The molecule has 0 saturated carbocycles. The molecule has 3 saturated heterocycles. The molecule has 0 amide bonds. The van der Waals surface area contributed by atoms with Crippen molar-refractivity contribution in [3.8, 4) is 29.0 Å². The van der Waals surface area contributed by atoms with Crippen LogP contribution in [0.5, 0.6) is 11.8 Å². The third kappa shape index (κ3) is 4.85. The van der Waals surface area contributed by atoms with Crippen LogP contribution in [0.25, 0.3) is 32.1 Å². The summed E-state index contributed by atoms with van der Waals surface area (Å²) in [4.78, 5) is 13.3. The maximum Gasteiger partial charge on any atom is 0.319 e. The first-order valence-corrected chi connectivity index (χ1v) is 16.7. The summed E-state index contributed by atoms with van der Waals surface area (Å²) in [6.45, 7) is 1.90. The van der Waals surface area contributed by atoms with Crippen LogP contribution in [0.4, 0.5) is 24.0 Å². The molecule has 4 atom stereocenters. The number of nitriles is 1. The van der Waals surface area contributed by atoms with Crippen LogP contribution in [0.3, 0.4) is 0 Å². The fourth-order valence-electron chi connectivity index (χ4n) is 7.69. The fraction of sp³-hybridized carbons (Fsp3) is 0.469. The van der Waals surface area contributed by atoms with E-state index in [-0.39, 0.29) is 104 Å². The summed E-state index contributed by atoms with van der Waals surface area (Å²) in [5.41, 5.74) is 5.42. The molecule has 8 rings (SSSR count). The summed E-state index contributed by atoms with van der Waals surface area (Å²) in [6, 6.07) is 4.14. The standard InChI is InChI=1S/C32H30ClF3N6O4S/c33-24-22(18-2-3-20(35)28-21(18)19(9-37)29(38)47-28)25(36)26-23-27(24)45-7-4-16-12-44-13-17(43)11-42(16)30(23)40-31(39-26)46-14-32-5-1-6-41(32)10-15(34)8-32/h2-3,15-17,43H,1,4-8,10-14,38H2/t15-,16?,17?,32+/m1/s1. The van der Waals surface area contributed by atoms with Crippen LogP contribution in [-0.2, 0) is 4.74 Å². The monoisotopic (exact) mass is 686 g/mol. The minimum absolute atomic E-state index is 0.00977. The Labute approximate surface area is 276 Å². The average molecular weight is 687 g/mol. The molecule has 4 aliphatic rings. The smallest absolute Gasteiger partial charge is 0.319 e. The van der Waals surface area contributed by atoms with Gasteiger partial charge in [-0.15, -0.1) is 11.3 Å². The molecule has 2 unspecified atom stereocenters. The van der Waals surface area contributed by atoms with Gasteiger partial charge in [-0.2, -0.15) is 15.2 Å². The second-order valence-electron chi connectivity index (χ2n) is 12.6. The van der Waals surface area contributed by atoms with Gasteiger partial charge in [-0.05, 0) is 31.0 Å². The van der Waals surface area contributed by atoms with Crippen molar-refractivity contribution in [3.63, 3.8) is 0 Å². The maximum absolute atomic E-state index is 17.2. The van der Waals surface area contributed by atoms with Crippen molar-refractivity contribution in [2.45, 2.75) is 49.5 Å². The SMILES string of the molecule is N#Cc1c(N)sc2c(F)ccc(-c3c(Cl)c4c5c(nc(OC[C@@]67CCCN6C[C@H](F)C7)nc5c3F)N3CC(O)COCC3CCO4)c12. The second-order valence-corrected chi connectivity index (χ2v) is 14.1. The first kappa shape index (κ1) is 30.7. The zero-order valence-electron chi connectivity index (χ0n) is 25.1. The van der Waals surface area contributed by atoms with Crippen LogP contribution >= 0.6 is 22.9 Å². The highest BCUT2D eigenvalue weighted by Gasteiger charge is 2.49. The van der Waals surface area contributed by atoms with E-state index in [0.29, 0.717) is 19.4 Å². The van der Waals surface area contributed by atoms with E-state index in [0.717, 1.165) is 30.7 Å². The number of alkyl halides is 1. The van der Waals surface area contributed by atoms with E-state index in [2.05, 4.69) is 9.88 Å². The molecule has 0 radical (unpaired) electrons. The van der Waals surface area contributed by atoms with Crippen LogP contribution < -0.4 is 20.1 Å². The number of hydrogen-bond acceptors (Lipinski definition) is 11. The number of ether oxygens (including phenoxy) is 3. The zero-order valence-corrected chi connectivity index (χ0v) is 26.6. The Kier molecular flexibility index (Phi) is 7.53. The van der Waals surface area contributed by atoms with Gasteiger partial charge in [0.25, 0.3) is 0 Å². The number of nitrogens with zero attached hydrogens (tertiary/aromatic N) is 5. The topological polar surface area (TPSA) is 130 Å². The first-order chi connectivity index (χ1) is 22.7. The van der Waals surface area contributed by atoms with Crippen molar-refractivity contribution < 1.29 is 32.5 Å². The molecule has 2 aromatic carbocycles. The highest BCUT2D eigenvalue weighted by atomic mass is 35.5. The van der Waals surface area contributed by atoms with E-state index in [1.54, 1.807) is 0 Å². The first-order valence-electron chi connectivity index (χ1n) is 15.5. The summed E-state index contributed by atoms with van der Waals surface area (Å²) in [7, 11) is 0. The number of aliphatic hydroxyl groups is 1. The van der Waals surface area contributed by atoms with E-state index in [4.69, 9.17) is 36.5 Å². The van der Waals surface area contributed by atoms with Gasteiger partial charge in [-0.25, -0.2) is 13.2 Å². The fourth-order valence-corrected chi connectivity index (χ4v) is 8.97. The molecule has 3 fully saturated rings. The van der Waals surface area contributed by atoms with Gasteiger partial charge in [0, 0.05) is 36.9 Å². The van der Waals surface area contributed by atoms with Gasteiger partial charge in [-0.3, -0.25) is 4.90 Å². The number of anilines is 2. The van der Waals surface area contributed by atoms with Crippen molar-refractivity contribution in [2.75, 3.05) is 56.7 Å². The summed E-state index contributed by atoms with van der Waals surface area (Å²) < 4.78 is 64.9. The average Bonchev–Trinajstić information content (AvgIpc) is 3.64. The van der Waals surface area contributed by atoms with Crippen LogP contribution in [0.2, 0.25) is 5.02 Å². The third-order valence-corrected chi connectivity index (χ3v) is 11.2. The number of nitrogens with two attached hydrogens (primary N) is 1. The molecule has 0 aliphatic carbocycles. The molecule has 0 spiro atoms. The molecular weight excluding hydrogens is 657 g/mol. The van der Waals surface area contributed by atoms with Crippen molar-refractivity contribution in [1.29, 1.82) is 5.26 Å². The van der Waals surface area contributed by atoms with E-state index in [1.807, 2.05) is 11.0 Å². The number of hydrogen-bond donors (Lipinski definition) is 2. The lowest BCUT2D eigenvalue weighted by atomic mass is 9.95. The van der Waals surface area contributed by atoms with Gasteiger partial charge in [0.05, 0.1) is 58.2 Å². The van der Waals surface area contributed by atoms with Gasteiger partial charge in [0.1, 0.15) is 41.0 Å². The normalized spacial score (nSPS) is 26.0. The van der Waals surface area contributed by atoms with E-state index in [1.165, 1.54) is 12.1 Å². The third-order valence-electron chi connectivity index (χ3n) is 9.81. The lowest BCUT2D eigenvalue weighted by Gasteiger charge is -2.35. The number of halogens is 4. The van der Waals surface area contributed by atoms with Crippen LogP contribution in [0.1, 0.15) is 31.2 Å². The van der Waals surface area contributed by atoms with Gasteiger partial charge in [-0.1, -0.05) is 17.7 Å². The van der Waals surface area contributed by atoms with Gasteiger partial charge in [0.15, 0.2) is 11.6 Å². The molecule has 47 heavy (non-hydrogen) atoms. The quantitative estimate of drug-likeness (QED) is 0.296. The van der Waals surface area contributed by atoms with Crippen LogP contribution in [-0.4, -0.2) is 89.9 Å². The molecule has 0 bridgehead atoms. The highest BCUT2D eigenvalue weighted by molar-refractivity contribution is 7.23. The highest BCUT2D eigenvalue weighted by Crippen LogP contribution is 2.51. The minimum Gasteiger partial charge on any atom is -0.491 e. The Hall–Kier alpha value is -3.61. The Morgan fingerprint density at radius 3 is 2.91 bits per heavy atom. The minimum atomic E-state index is -0.969. The lowest BCUT2D eigenvalue weighted by molar-refractivity contribution is 0.0530.